The molecular weight excluding hydrogens is 156 g/mol. The van der Waals surface area contributed by atoms with Gasteiger partial charge in [-0.2, -0.15) is 0 Å². The van der Waals surface area contributed by atoms with Crippen LogP contribution in [-0.4, -0.2) is 25.1 Å². The fourth-order valence-corrected chi connectivity index (χ4v) is 1.05. The van der Waals surface area contributed by atoms with Crippen molar-refractivity contribution < 1.29 is 9.53 Å². The Morgan fingerprint density at radius 3 is 2.92 bits per heavy atom. The first-order chi connectivity index (χ1) is 5.79. The van der Waals surface area contributed by atoms with E-state index < -0.39 is 0 Å². The highest BCUT2D eigenvalue weighted by Gasteiger charge is 2.18. The van der Waals surface area contributed by atoms with Gasteiger partial charge < -0.3 is 15.0 Å². The Kier molecular flexibility index (Phi) is 2.88. The average molecular weight is 168 g/mol. The predicted octanol–water partition coefficient (Wildman–Crippen LogP) is 0.448. The van der Waals surface area contributed by atoms with E-state index in [0.29, 0.717) is 0 Å². The van der Waals surface area contributed by atoms with Crippen molar-refractivity contribution in [2.75, 3.05) is 14.2 Å². The lowest BCUT2D eigenvalue weighted by Crippen LogP contribution is -2.25. The molecule has 1 rings (SSSR count). The van der Waals surface area contributed by atoms with Gasteiger partial charge in [-0.3, -0.25) is 0 Å². The van der Waals surface area contributed by atoms with Crippen LogP contribution in [0.15, 0.2) is 18.5 Å². The number of aromatic nitrogens is 1. The zero-order valence-electron chi connectivity index (χ0n) is 7.13. The summed E-state index contributed by atoms with van der Waals surface area (Å²) < 4.78 is 4.61. The Bertz CT molecular complexity index is 244. The average Bonchev–Trinajstić information content (AvgIpc) is 2.58. The third kappa shape index (κ3) is 1.65. The van der Waals surface area contributed by atoms with E-state index in [1.54, 1.807) is 19.4 Å². The standard InChI is InChI=1S/C8H12N2O2/c1-9-7(8(11)12-2)6-3-4-10-5-6/h3-5,7,9-10H,1-2H3. The van der Waals surface area contributed by atoms with Crippen LogP contribution in [0.5, 0.6) is 0 Å². The van der Waals surface area contributed by atoms with Crippen molar-refractivity contribution in [1.82, 2.24) is 10.3 Å². The molecule has 1 aromatic heterocycles. The topological polar surface area (TPSA) is 54.1 Å². The highest BCUT2D eigenvalue weighted by Crippen LogP contribution is 2.12. The van der Waals surface area contributed by atoms with Gasteiger partial charge in [0.25, 0.3) is 0 Å². The SMILES string of the molecule is CNC(C(=O)OC)c1cc[nH]c1. The number of ether oxygens (including phenoxy) is 1. The van der Waals surface area contributed by atoms with Gasteiger partial charge >= 0.3 is 5.97 Å². The third-order valence-corrected chi connectivity index (χ3v) is 1.68. The molecule has 0 bridgehead atoms. The summed E-state index contributed by atoms with van der Waals surface area (Å²) in [6.45, 7) is 0. The van der Waals surface area contributed by atoms with Crippen LogP contribution < -0.4 is 5.32 Å². The first-order valence-electron chi connectivity index (χ1n) is 3.67. The third-order valence-electron chi connectivity index (χ3n) is 1.68. The number of hydrogen-bond donors (Lipinski definition) is 2. The van der Waals surface area contributed by atoms with Crippen molar-refractivity contribution in [2.24, 2.45) is 0 Å². The zero-order chi connectivity index (χ0) is 8.97. The van der Waals surface area contributed by atoms with Crippen molar-refractivity contribution in [3.8, 4) is 0 Å². The van der Waals surface area contributed by atoms with Gasteiger partial charge in [0.2, 0.25) is 0 Å². The van der Waals surface area contributed by atoms with Gasteiger partial charge in [0.05, 0.1) is 7.11 Å². The molecule has 4 nitrogen and oxygen atoms in total. The van der Waals surface area contributed by atoms with Crippen molar-refractivity contribution in [1.29, 1.82) is 0 Å². The number of aromatic amines is 1. The fourth-order valence-electron chi connectivity index (χ4n) is 1.05. The number of nitrogens with one attached hydrogen (secondary N) is 2. The number of esters is 1. The van der Waals surface area contributed by atoms with Gasteiger partial charge in [0.15, 0.2) is 0 Å². The van der Waals surface area contributed by atoms with E-state index >= 15 is 0 Å². The summed E-state index contributed by atoms with van der Waals surface area (Å²) in [5.74, 6) is -0.280. The van der Waals surface area contributed by atoms with Crippen LogP contribution in [0.2, 0.25) is 0 Å². The van der Waals surface area contributed by atoms with Crippen LogP contribution in [0.25, 0.3) is 0 Å². The molecule has 0 radical (unpaired) electrons. The molecule has 0 aliphatic carbocycles. The molecule has 2 N–H and O–H groups in total. The Labute approximate surface area is 70.9 Å². The summed E-state index contributed by atoms with van der Waals surface area (Å²) in [5.41, 5.74) is 0.879. The zero-order valence-corrected chi connectivity index (χ0v) is 7.13. The Morgan fingerprint density at radius 1 is 1.75 bits per heavy atom. The largest absolute Gasteiger partial charge is 0.468 e. The van der Waals surface area contributed by atoms with E-state index in [9.17, 15) is 4.79 Å². The van der Waals surface area contributed by atoms with Crippen LogP contribution in [0, 0.1) is 0 Å². The number of rotatable bonds is 3. The number of methoxy groups -OCH3 is 1. The second kappa shape index (κ2) is 3.92. The van der Waals surface area contributed by atoms with Gasteiger partial charge in [0, 0.05) is 12.4 Å². The van der Waals surface area contributed by atoms with E-state index in [2.05, 4.69) is 15.0 Å². The Hall–Kier alpha value is -1.29. The van der Waals surface area contributed by atoms with Crippen molar-refractivity contribution in [2.45, 2.75) is 6.04 Å². The molecule has 1 unspecified atom stereocenters. The molecule has 4 heteroatoms. The summed E-state index contributed by atoms with van der Waals surface area (Å²) in [6.07, 6.45) is 3.53. The van der Waals surface area contributed by atoms with Gasteiger partial charge in [-0.05, 0) is 18.7 Å². The van der Waals surface area contributed by atoms with Gasteiger partial charge in [-0.25, -0.2) is 4.79 Å². The van der Waals surface area contributed by atoms with Crippen LogP contribution in [-0.2, 0) is 9.53 Å². The van der Waals surface area contributed by atoms with E-state index in [4.69, 9.17) is 0 Å². The summed E-state index contributed by atoms with van der Waals surface area (Å²) in [4.78, 5) is 14.0. The van der Waals surface area contributed by atoms with Gasteiger partial charge in [-0.1, -0.05) is 0 Å². The molecule has 0 aliphatic heterocycles. The quantitative estimate of drug-likeness (QED) is 0.644. The maximum Gasteiger partial charge on any atom is 0.327 e. The summed E-state index contributed by atoms with van der Waals surface area (Å²) in [5, 5.41) is 2.86. The smallest absolute Gasteiger partial charge is 0.327 e. The van der Waals surface area contributed by atoms with E-state index in [0.717, 1.165) is 5.56 Å². The summed E-state index contributed by atoms with van der Waals surface area (Å²) in [6, 6.07) is 1.46. The lowest BCUT2D eigenvalue weighted by molar-refractivity contribution is -0.143. The molecule has 0 saturated heterocycles. The molecule has 1 heterocycles. The first kappa shape index (κ1) is 8.80. The minimum Gasteiger partial charge on any atom is -0.468 e. The van der Waals surface area contributed by atoms with Crippen LogP contribution in [0.3, 0.4) is 0 Å². The van der Waals surface area contributed by atoms with E-state index in [1.165, 1.54) is 7.11 Å². The summed E-state index contributed by atoms with van der Waals surface area (Å²) in [7, 11) is 3.09. The van der Waals surface area contributed by atoms with Crippen molar-refractivity contribution in [3.05, 3.63) is 24.0 Å². The van der Waals surface area contributed by atoms with Crippen LogP contribution >= 0.6 is 0 Å². The van der Waals surface area contributed by atoms with Gasteiger partial charge in [0.1, 0.15) is 6.04 Å². The number of H-pyrrole nitrogens is 1. The summed E-state index contributed by atoms with van der Waals surface area (Å²) >= 11 is 0. The molecule has 0 spiro atoms. The minimum absolute atomic E-state index is 0.280. The van der Waals surface area contributed by atoms with Crippen molar-refractivity contribution >= 4 is 5.97 Å². The maximum atomic E-state index is 11.1. The van der Waals surface area contributed by atoms with Crippen LogP contribution in [0.1, 0.15) is 11.6 Å². The molecule has 0 saturated carbocycles. The molecule has 0 aromatic carbocycles. The van der Waals surface area contributed by atoms with Crippen molar-refractivity contribution in [3.63, 3.8) is 0 Å². The number of carbonyl (C=O) groups excluding carboxylic acids is 1. The molecule has 0 aliphatic rings. The molecule has 1 atom stereocenters. The normalized spacial score (nSPS) is 12.5. The minimum atomic E-state index is -0.374. The second-order valence-electron chi connectivity index (χ2n) is 2.39. The number of carbonyl (C=O) groups is 1. The van der Waals surface area contributed by atoms with E-state index in [-0.39, 0.29) is 12.0 Å². The number of hydrogen-bond acceptors (Lipinski definition) is 3. The molecule has 12 heavy (non-hydrogen) atoms. The highest BCUT2D eigenvalue weighted by atomic mass is 16.5. The van der Waals surface area contributed by atoms with E-state index in [1.807, 2.05) is 6.07 Å². The molecular formula is C8H12N2O2. The number of likely N-dealkylation sites (N-methyl/N-ethyl adjacent to an activating group) is 1. The fraction of sp³-hybridized carbons (Fsp3) is 0.375. The molecule has 0 amide bonds. The van der Waals surface area contributed by atoms with Crippen LogP contribution in [0.4, 0.5) is 0 Å². The lowest BCUT2D eigenvalue weighted by atomic mass is 10.1. The first-order valence-corrected chi connectivity index (χ1v) is 3.67. The maximum absolute atomic E-state index is 11.1. The Balaban J connectivity index is 2.76. The second-order valence-corrected chi connectivity index (χ2v) is 2.39. The predicted molar refractivity (Wildman–Crippen MR) is 44.6 cm³/mol. The molecule has 1 aromatic rings. The lowest BCUT2D eigenvalue weighted by Gasteiger charge is -2.10. The molecule has 66 valence electrons. The highest BCUT2D eigenvalue weighted by molar-refractivity contribution is 5.77. The Morgan fingerprint density at radius 2 is 2.50 bits per heavy atom. The monoisotopic (exact) mass is 168 g/mol. The van der Waals surface area contributed by atoms with Gasteiger partial charge in [-0.15, -0.1) is 0 Å². The molecule has 0 fully saturated rings.